The highest BCUT2D eigenvalue weighted by Crippen LogP contribution is 2.64. The summed E-state index contributed by atoms with van der Waals surface area (Å²) in [5.41, 5.74) is 4.35. The van der Waals surface area contributed by atoms with E-state index in [1.807, 2.05) is 12.3 Å². The molecule has 2 aliphatic heterocycles. The normalized spacial score (nSPS) is 24.8. The lowest BCUT2D eigenvalue weighted by atomic mass is 9.93. The molecule has 2 N–H and O–H groups in total. The topological polar surface area (TPSA) is 90.5 Å². The van der Waals surface area contributed by atoms with Crippen molar-refractivity contribution in [2.45, 2.75) is 32.2 Å². The number of hydrogen-bond donors (Lipinski definition) is 2. The smallest absolute Gasteiger partial charge is 0.269 e. The number of carbonyl (C=O) groups excluding carboxylic acids is 2. The van der Waals surface area contributed by atoms with Gasteiger partial charge in [-0.15, -0.1) is 0 Å². The average molecular weight is 421 g/mol. The zero-order valence-electron chi connectivity index (χ0n) is 18.0. The van der Waals surface area contributed by atoms with Crippen LogP contribution < -0.4 is 15.5 Å². The number of amides is 2. The van der Waals surface area contributed by atoms with Crippen LogP contribution in [0.5, 0.6) is 0 Å². The molecule has 5 rings (SSSR count). The molecule has 0 spiro atoms. The van der Waals surface area contributed by atoms with Crippen LogP contribution in [0.4, 0.5) is 11.4 Å². The van der Waals surface area contributed by atoms with Gasteiger partial charge in [-0.1, -0.05) is 6.92 Å². The van der Waals surface area contributed by atoms with Gasteiger partial charge in [0, 0.05) is 51.9 Å². The van der Waals surface area contributed by atoms with Gasteiger partial charge in [-0.25, -0.2) is 4.98 Å². The van der Waals surface area contributed by atoms with Crippen molar-refractivity contribution in [2.75, 3.05) is 43.4 Å². The van der Waals surface area contributed by atoms with Crippen LogP contribution in [0, 0.1) is 5.41 Å². The number of rotatable bonds is 5. The Morgan fingerprint density at radius 3 is 2.71 bits per heavy atom. The number of fused-ring (bicyclic) bond motifs is 3. The third-order valence-corrected chi connectivity index (χ3v) is 7.06. The lowest BCUT2D eigenvalue weighted by Crippen LogP contribution is -2.46. The summed E-state index contributed by atoms with van der Waals surface area (Å²) in [6, 6.07) is 5.82. The Morgan fingerprint density at radius 2 is 2.03 bits per heavy atom. The highest BCUT2D eigenvalue weighted by atomic mass is 16.2. The fourth-order valence-corrected chi connectivity index (χ4v) is 4.95. The molecule has 2 atom stereocenters. The van der Waals surface area contributed by atoms with E-state index in [0.717, 1.165) is 68.2 Å². The first-order valence-corrected chi connectivity index (χ1v) is 11.0. The van der Waals surface area contributed by atoms with Gasteiger partial charge in [0.05, 0.1) is 28.7 Å². The third-order valence-electron chi connectivity index (χ3n) is 7.06. The number of nitrogens with one attached hydrogen (secondary N) is 2. The predicted octanol–water partition coefficient (Wildman–Crippen LogP) is 1.99. The van der Waals surface area contributed by atoms with Crippen LogP contribution in [0.3, 0.4) is 0 Å². The number of anilines is 2. The lowest BCUT2D eigenvalue weighted by Gasteiger charge is -2.36. The zero-order chi connectivity index (χ0) is 21.6. The molecule has 1 aliphatic carbocycles. The van der Waals surface area contributed by atoms with E-state index in [-0.39, 0.29) is 17.2 Å². The highest BCUT2D eigenvalue weighted by molar-refractivity contribution is 6.02. The van der Waals surface area contributed by atoms with E-state index in [1.165, 1.54) is 0 Å². The predicted molar refractivity (Wildman–Crippen MR) is 118 cm³/mol. The molecule has 3 aliphatic rings. The summed E-state index contributed by atoms with van der Waals surface area (Å²) in [5.74, 6) is 0.284. The molecule has 2 fully saturated rings. The third kappa shape index (κ3) is 3.44. The molecule has 2 aromatic rings. The summed E-state index contributed by atoms with van der Waals surface area (Å²) < 4.78 is 0. The van der Waals surface area contributed by atoms with E-state index in [1.54, 1.807) is 19.3 Å². The van der Waals surface area contributed by atoms with E-state index in [4.69, 9.17) is 4.98 Å². The first kappa shape index (κ1) is 19.9. The largest absolute Gasteiger partial charge is 0.368 e. The van der Waals surface area contributed by atoms with Gasteiger partial charge in [-0.05, 0) is 36.6 Å². The Morgan fingerprint density at radius 1 is 1.23 bits per heavy atom. The molecule has 2 unspecified atom stereocenters. The maximum atomic E-state index is 12.5. The fourth-order valence-electron chi connectivity index (χ4n) is 4.95. The molecule has 0 aromatic carbocycles. The summed E-state index contributed by atoms with van der Waals surface area (Å²) in [7, 11) is 1.60. The summed E-state index contributed by atoms with van der Waals surface area (Å²) in [4.78, 5) is 37.9. The Balaban J connectivity index is 1.19. The van der Waals surface area contributed by atoms with Crippen LogP contribution in [0.15, 0.2) is 30.6 Å². The molecular weight excluding hydrogens is 392 g/mol. The lowest BCUT2D eigenvalue weighted by molar-refractivity contribution is -0.121. The van der Waals surface area contributed by atoms with E-state index in [2.05, 4.69) is 38.4 Å². The maximum Gasteiger partial charge on any atom is 0.269 e. The first-order valence-electron chi connectivity index (χ1n) is 11.0. The van der Waals surface area contributed by atoms with Crippen LogP contribution in [0.1, 0.15) is 47.4 Å². The standard InChI is InChI=1S/C23H28N6O2/c1-3-23-11-17(23)20-19(27-22(23)31)10-15(12-26-20)14-28-6-8-29(9-7-28)16-4-5-18(25-13-16)21(30)24-2/h4-5,10,12-13,17H,3,6-9,11,14H2,1-2H3,(H,24,30)(H,27,31). The molecule has 1 saturated heterocycles. The summed E-state index contributed by atoms with van der Waals surface area (Å²) in [6.45, 7) is 6.57. The SMILES string of the molecule is CCC12CC1c1ncc(CN3CCN(c4ccc(C(=O)NC)nc4)CC3)cc1NC2=O. The van der Waals surface area contributed by atoms with Gasteiger partial charge >= 0.3 is 0 Å². The highest BCUT2D eigenvalue weighted by Gasteiger charge is 2.62. The van der Waals surface area contributed by atoms with Crippen molar-refractivity contribution in [1.82, 2.24) is 20.2 Å². The van der Waals surface area contributed by atoms with Crippen LogP contribution in [0.25, 0.3) is 0 Å². The minimum Gasteiger partial charge on any atom is -0.368 e. The zero-order valence-corrected chi connectivity index (χ0v) is 18.0. The number of piperazine rings is 1. The Kier molecular flexibility index (Phi) is 4.89. The van der Waals surface area contributed by atoms with Gasteiger partial charge < -0.3 is 15.5 Å². The average Bonchev–Trinajstić information content (AvgIpc) is 3.56. The van der Waals surface area contributed by atoms with Crippen LogP contribution in [-0.4, -0.2) is 59.9 Å². The van der Waals surface area contributed by atoms with Crippen molar-refractivity contribution < 1.29 is 9.59 Å². The van der Waals surface area contributed by atoms with Crippen molar-refractivity contribution >= 4 is 23.2 Å². The Bertz CT molecular complexity index is 1020. The van der Waals surface area contributed by atoms with Crippen molar-refractivity contribution in [3.8, 4) is 0 Å². The number of nitrogens with zero attached hydrogens (tertiary/aromatic N) is 4. The van der Waals surface area contributed by atoms with Gasteiger partial charge in [0.25, 0.3) is 5.91 Å². The second-order valence-corrected chi connectivity index (χ2v) is 8.74. The summed E-state index contributed by atoms with van der Waals surface area (Å²) in [6.07, 6.45) is 5.55. The molecule has 2 aromatic heterocycles. The molecule has 2 amide bonds. The number of pyridine rings is 2. The van der Waals surface area contributed by atoms with Gasteiger partial charge in [0.1, 0.15) is 5.69 Å². The van der Waals surface area contributed by atoms with E-state index < -0.39 is 0 Å². The van der Waals surface area contributed by atoms with Gasteiger partial charge in [-0.3, -0.25) is 19.5 Å². The maximum absolute atomic E-state index is 12.5. The fraction of sp³-hybridized carbons (Fsp3) is 0.478. The van der Waals surface area contributed by atoms with Crippen LogP contribution >= 0.6 is 0 Å². The molecule has 0 radical (unpaired) electrons. The molecule has 31 heavy (non-hydrogen) atoms. The van der Waals surface area contributed by atoms with Crippen LogP contribution in [0.2, 0.25) is 0 Å². The number of carbonyl (C=O) groups is 2. The molecule has 8 nitrogen and oxygen atoms in total. The minimum atomic E-state index is -0.203. The van der Waals surface area contributed by atoms with Crippen molar-refractivity contribution in [3.05, 3.63) is 47.5 Å². The molecule has 162 valence electrons. The van der Waals surface area contributed by atoms with Gasteiger partial charge in [0.2, 0.25) is 5.91 Å². The number of aromatic nitrogens is 2. The van der Waals surface area contributed by atoms with E-state index in [9.17, 15) is 9.59 Å². The molecule has 0 bridgehead atoms. The number of hydrogen-bond acceptors (Lipinski definition) is 6. The van der Waals surface area contributed by atoms with Crippen molar-refractivity contribution in [1.29, 1.82) is 0 Å². The Labute approximate surface area is 182 Å². The first-order chi connectivity index (χ1) is 15.0. The van der Waals surface area contributed by atoms with E-state index in [0.29, 0.717) is 11.6 Å². The second kappa shape index (κ2) is 7.60. The van der Waals surface area contributed by atoms with Crippen LogP contribution in [-0.2, 0) is 11.3 Å². The molecular formula is C23H28N6O2. The minimum absolute atomic E-state index is 0.163. The summed E-state index contributed by atoms with van der Waals surface area (Å²) >= 11 is 0. The molecule has 1 saturated carbocycles. The van der Waals surface area contributed by atoms with Gasteiger partial charge in [-0.2, -0.15) is 0 Å². The monoisotopic (exact) mass is 420 g/mol. The summed E-state index contributed by atoms with van der Waals surface area (Å²) in [5, 5.41) is 5.69. The van der Waals surface area contributed by atoms with Crippen molar-refractivity contribution in [2.24, 2.45) is 5.41 Å². The second-order valence-electron chi connectivity index (χ2n) is 8.74. The molecule has 8 heteroatoms. The van der Waals surface area contributed by atoms with Gasteiger partial charge in [0.15, 0.2) is 0 Å². The Hall–Kier alpha value is -3.00. The van der Waals surface area contributed by atoms with Crippen molar-refractivity contribution in [3.63, 3.8) is 0 Å². The van der Waals surface area contributed by atoms with E-state index >= 15 is 0 Å². The molecule has 4 heterocycles. The quantitative estimate of drug-likeness (QED) is 0.769.